The second-order valence-corrected chi connectivity index (χ2v) is 9.19. The second-order valence-electron chi connectivity index (χ2n) is 7.46. The zero-order chi connectivity index (χ0) is 22.8. The zero-order valence-electron chi connectivity index (χ0n) is 17.9. The van der Waals surface area contributed by atoms with Crippen molar-refractivity contribution >= 4 is 34.5 Å². The average Bonchev–Trinajstić information content (AvgIpc) is 3.35. The summed E-state index contributed by atoms with van der Waals surface area (Å²) in [7, 11) is 0. The van der Waals surface area contributed by atoms with E-state index in [2.05, 4.69) is 26.5 Å². The van der Waals surface area contributed by atoms with Gasteiger partial charge < -0.3 is 5.32 Å². The van der Waals surface area contributed by atoms with Crippen molar-refractivity contribution in [3.8, 4) is 17.3 Å². The van der Waals surface area contributed by atoms with Crippen molar-refractivity contribution < 1.29 is 4.79 Å². The van der Waals surface area contributed by atoms with E-state index in [-0.39, 0.29) is 5.91 Å². The fourth-order valence-electron chi connectivity index (χ4n) is 3.66. The van der Waals surface area contributed by atoms with Crippen LogP contribution in [-0.2, 0) is 17.8 Å². The summed E-state index contributed by atoms with van der Waals surface area (Å²) in [6.45, 7) is 6.23. The van der Waals surface area contributed by atoms with Crippen molar-refractivity contribution in [3.63, 3.8) is 0 Å². The van der Waals surface area contributed by atoms with Gasteiger partial charge in [-0.3, -0.25) is 4.79 Å². The number of aromatic nitrogens is 4. The summed E-state index contributed by atoms with van der Waals surface area (Å²) < 4.78 is 1.66. The van der Waals surface area contributed by atoms with Crippen molar-refractivity contribution in [2.45, 2.75) is 40.2 Å². The molecule has 3 aromatic heterocycles. The van der Waals surface area contributed by atoms with Gasteiger partial charge in [0.15, 0.2) is 5.65 Å². The van der Waals surface area contributed by atoms with Crippen molar-refractivity contribution in [2.24, 2.45) is 0 Å². The highest BCUT2D eigenvalue weighted by Gasteiger charge is 2.15. The minimum atomic E-state index is -0.0528. The van der Waals surface area contributed by atoms with Crippen molar-refractivity contribution in [2.75, 3.05) is 0 Å². The van der Waals surface area contributed by atoms with Crippen LogP contribution in [0.2, 0.25) is 5.02 Å². The quantitative estimate of drug-likeness (QED) is 0.451. The van der Waals surface area contributed by atoms with Gasteiger partial charge in [-0.05, 0) is 44.9 Å². The first-order valence-electron chi connectivity index (χ1n) is 10.1. The van der Waals surface area contributed by atoms with E-state index in [4.69, 9.17) is 11.6 Å². The molecule has 7 nitrogen and oxygen atoms in total. The van der Waals surface area contributed by atoms with Gasteiger partial charge in [-0.2, -0.15) is 10.4 Å². The van der Waals surface area contributed by atoms with E-state index in [1.807, 2.05) is 45.0 Å². The van der Waals surface area contributed by atoms with E-state index in [0.29, 0.717) is 35.6 Å². The number of aryl methyl sites for hydroxylation is 3. The van der Waals surface area contributed by atoms with E-state index < -0.39 is 0 Å². The van der Waals surface area contributed by atoms with Crippen molar-refractivity contribution in [1.82, 2.24) is 24.9 Å². The number of nitriles is 1. The number of carbonyl (C=O) groups excluding carboxylic acids is 1. The molecule has 0 radical (unpaired) electrons. The third kappa shape index (κ3) is 4.35. The molecule has 0 unspecified atom stereocenters. The molecule has 0 spiro atoms. The monoisotopic (exact) mass is 464 g/mol. The Hall–Kier alpha value is -3.28. The van der Waals surface area contributed by atoms with E-state index in [9.17, 15) is 10.1 Å². The van der Waals surface area contributed by atoms with Crippen LogP contribution < -0.4 is 5.32 Å². The first-order valence-corrected chi connectivity index (χ1v) is 11.3. The number of amides is 1. The van der Waals surface area contributed by atoms with Crippen LogP contribution in [0.3, 0.4) is 0 Å². The summed E-state index contributed by atoms with van der Waals surface area (Å²) in [5.74, 6) is -0.0528. The van der Waals surface area contributed by atoms with Gasteiger partial charge in [-0.15, -0.1) is 11.3 Å². The smallest absolute Gasteiger partial charge is 0.220 e. The summed E-state index contributed by atoms with van der Waals surface area (Å²) >= 11 is 7.55. The standard InChI is InChI=1S/C23H21ClN6OS/c1-13-19(14(2)30-23(28-13)17(10-25)11-27-30)8-9-20(31)26-12-21-29-22(15(3)32-21)16-4-6-18(24)7-5-16/h4-7,11H,8-9,12H2,1-3H3,(H,26,31). The van der Waals surface area contributed by atoms with Crippen LogP contribution in [0, 0.1) is 32.1 Å². The van der Waals surface area contributed by atoms with Crippen LogP contribution in [0.1, 0.15) is 38.8 Å². The first kappa shape index (κ1) is 21.9. The highest BCUT2D eigenvalue weighted by molar-refractivity contribution is 7.12. The number of nitrogens with zero attached hydrogens (tertiary/aromatic N) is 5. The van der Waals surface area contributed by atoms with Crippen LogP contribution >= 0.6 is 22.9 Å². The van der Waals surface area contributed by atoms with Gasteiger partial charge in [-0.25, -0.2) is 14.5 Å². The number of fused-ring (bicyclic) bond motifs is 1. The maximum absolute atomic E-state index is 12.5. The van der Waals surface area contributed by atoms with Crippen LogP contribution in [0.5, 0.6) is 0 Å². The molecule has 1 amide bonds. The molecule has 0 atom stereocenters. The van der Waals surface area contributed by atoms with Gasteiger partial charge in [0, 0.05) is 33.3 Å². The number of hydrogen-bond acceptors (Lipinski definition) is 6. The summed E-state index contributed by atoms with van der Waals surface area (Å²) in [5.41, 5.74) is 5.58. The van der Waals surface area contributed by atoms with E-state index in [0.717, 1.165) is 38.1 Å². The molecule has 0 aliphatic carbocycles. The largest absolute Gasteiger partial charge is 0.350 e. The first-order chi connectivity index (χ1) is 15.4. The average molecular weight is 465 g/mol. The predicted octanol–water partition coefficient (Wildman–Crippen LogP) is 4.55. The number of benzene rings is 1. The van der Waals surface area contributed by atoms with Gasteiger partial charge in [0.2, 0.25) is 5.91 Å². The molecule has 1 aromatic carbocycles. The maximum Gasteiger partial charge on any atom is 0.220 e. The summed E-state index contributed by atoms with van der Waals surface area (Å²) in [5, 5.41) is 18.0. The fourth-order valence-corrected chi connectivity index (χ4v) is 4.68. The third-order valence-corrected chi connectivity index (χ3v) is 6.55. The van der Waals surface area contributed by atoms with Gasteiger partial charge in [-0.1, -0.05) is 23.7 Å². The molecule has 0 saturated carbocycles. The molecule has 0 saturated heterocycles. The number of nitrogens with one attached hydrogen (secondary N) is 1. The SMILES string of the molecule is Cc1nc2c(C#N)cnn2c(C)c1CCC(=O)NCc1nc(-c2ccc(Cl)cc2)c(C)s1. The molecular formula is C23H21ClN6OS. The maximum atomic E-state index is 12.5. The third-order valence-electron chi connectivity index (χ3n) is 5.33. The Morgan fingerprint density at radius 1 is 1.22 bits per heavy atom. The predicted molar refractivity (Wildman–Crippen MR) is 125 cm³/mol. The molecule has 4 aromatic rings. The Labute approximate surface area is 194 Å². The van der Waals surface area contributed by atoms with Crippen LogP contribution in [0.25, 0.3) is 16.9 Å². The van der Waals surface area contributed by atoms with Crippen molar-refractivity contribution in [1.29, 1.82) is 5.26 Å². The van der Waals surface area contributed by atoms with E-state index in [1.54, 1.807) is 15.9 Å². The summed E-state index contributed by atoms with van der Waals surface area (Å²) in [6, 6.07) is 9.69. The Kier molecular flexibility index (Phi) is 6.21. The summed E-state index contributed by atoms with van der Waals surface area (Å²) in [6.07, 6.45) is 2.39. The molecule has 9 heteroatoms. The molecule has 3 heterocycles. The molecule has 162 valence electrons. The molecule has 32 heavy (non-hydrogen) atoms. The molecule has 0 aliphatic heterocycles. The van der Waals surface area contributed by atoms with Gasteiger partial charge in [0.25, 0.3) is 0 Å². The lowest BCUT2D eigenvalue weighted by molar-refractivity contribution is -0.121. The zero-order valence-corrected chi connectivity index (χ0v) is 19.5. The molecule has 1 N–H and O–H groups in total. The normalized spacial score (nSPS) is 11.0. The second kappa shape index (κ2) is 9.07. The minimum Gasteiger partial charge on any atom is -0.350 e. The number of carbonyl (C=O) groups is 1. The number of thiazole rings is 1. The fraction of sp³-hybridized carbons (Fsp3) is 0.261. The van der Waals surface area contributed by atoms with Crippen LogP contribution in [0.4, 0.5) is 0 Å². The molecule has 4 rings (SSSR count). The number of halogens is 1. The molecular weight excluding hydrogens is 444 g/mol. The highest BCUT2D eigenvalue weighted by atomic mass is 35.5. The Balaban J connectivity index is 1.40. The molecule has 0 fully saturated rings. The van der Waals surface area contributed by atoms with Crippen LogP contribution in [0.15, 0.2) is 30.5 Å². The van der Waals surface area contributed by atoms with E-state index >= 15 is 0 Å². The van der Waals surface area contributed by atoms with Gasteiger partial charge in [0.1, 0.15) is 16.6 Å². The molecule has 0 bridgehead atoms. The molecule has 0 aliphatic rings. The topological polar surface area (TPSA) is 96.0 Å². The highest BCUT2D eigenvalue weighted by Crippen LogP contribution is 2.28. The number of hydrogen-bond donors (Lipinski definition) is 1. The Morgan fingerprint density at radius 3 is 2.69 bits per heavy atom. The van der Waals surface area contributed by atoms with Crippen molar-refractivity contribution in [3.05, 3.63) is 67.9 Å². The lowest BCUT2D eigenvalue weighted by Gasteiger charge is -2.11. The number of rotatable bonds is 6. The van der Waals surface area contributed by atoms with E-state index in [1.165, 1.54) is 6.20 Å². The summed E-state index contributed by atoms with van der Waals surface area (Å²) in [4.78, 5) is 22.8. The Morgan fingerprint density at radius 2 is 1.97 bits per heavy atom. The lowest BCUT2D eigenvalue weighted by Crippen LogP contribution is -2.23. The lowest BCUT2D eigenvalue weighted by atomic mass is 10.1. The van der Waals surface area contributed by atoms with Gasteiger partial charge in [0.05, 0.1) is 18.4 Å². The Bertz CT molecular complexity index is 1350. The van der Waals surface area contributed by atoms with Gasteiger partial charge >= 0.3 is 0 Å². The minimum absolute atomic E-state index is 0.0528. The van der Waals surface area contributed by atoms with Crippen LogP contribution in [-0.4, -0.2) is 25.5 Å².